The Morgan fingerprint density at radius 2 is 2.06 bits per heavy atom. The number of aliphatic hydroxyl groups is 1. The number of benzene rings is 2. The summed E-state index contributed by atoms with van der Waals surface area (Å²) < 4.78 is 25.3. The molecule has 1 aliphatic rings. The van der Waals surface area contributed by atoms with Gasteiger partial charge in [-0.1, -0.05) is 30.7 Å². The molecule has 1 unspecified atom stereocenters. The van der Waals surface area contributed by atoms with Crippen LogP contribution in [0.3, 0.4) is 0 Å². The van der Waals surface area contributed by atoms with Gasteiger partial charge in [0.25, 0.3) is 0 Å². The van der Waals surface area contributed by atoms with E-state index in [0.29, 0.717) is 61.7 Å². The Morgan fingerprint density at radius 1 is 1.17 bits per heavy atom. The Balaban J connectivity index is 1.38. The van der Waals surface area contributed by atoms with Gasteiger partial charge in [-0.3, -0.25) is 4.90 Å². The molecule has 36 heavy (non-hydrogen) atoms. The summed E-state index contributed by atoms with van der Waals surface area (Å²) in [6.07, 6.45) is 4.66. The molecule has 4 rings (SSSR count). The van der Waals surface area contributed by atoms with Crippen molar-refractivity contribution in [2.24, 2.45) is 0 Å². The van der Waals surface area contributed by atoms with Crippen molar-refractivity contribution in [2.45, 2.75) is 32.0 Å². The predicted molar refractivity (Wildman–Crippen MR) is 138 cm³/mol. The van der Waals surface area contributed by atoms with Crippen molar-refractivity contribution in [3.63, 3.8) is 0 Å². The first kappa shape index (κ1) is 26.3. The minimum absolute atomic E-state index is 0.106. The summed E-state index contributed by atoms with van der Waals surface area (Å²) >= 11 is 6.05. The second kappa shape index (κ2) is 12.5. The minimum Gasteiger partial charge on any atom is -0.493 e. The lowest BCUT2D eigenvalue weighted by Gasteiger charge is -2.30. The number of aromatic nitrogens is 2. The second-order valence-electron chi connectivity index (χ2n) is 8.96. The molecule has 1 fully saturated rings. The first-order valence-corrected chi connectivity index (χ1v) is 12.6. The molecule has 1 saturated heterocycles. The maximum absolute atomic E-state index is 11.2. The van der Waals surface area contributed by atoms with Crippen molar-refractivity contribution in [2.75, 3.05) is 46.6 Å². The Kier molecular flexibility index (Phi) is 9.09. The zero-order valence-corrected chi connectivity index (χ0v) is 21.6. The number of rotatable bonds is 11. The van der Waals surface area contributed by atoms with Gasteiger partial charge in [0, 0.05) is 43.5 Å². The van der Waals surface area contributed by atoms with E-state index < -0.39 is 5.60 Å². The number of hydrogen-bond donors (Lipinski definition) is 1. The van der Waals surface area contributed by atoms with Gasteiger partial charge in [0.15, 0.2) is 11.5 Å². The molecule has 3 aromatic rings. The molecule has 0 bridgehead atoms. The number of halogens is 1. The minimum atomic E-state index is -1.15. The van der Waals surface area contributed by atoms with Crippen LogP contribution in [0.1, 0.15) is 18.3 Å². The topological polar surface area (TPSA) is 78.2 Å². The third-order valence-corrected chi connectivity index (χ3v) is 6.32. The van der Waals surface area contributed by atoms with E-state index in [-0.39, 0.29) is 13.2 Å². The molecule has 1 N–H and O–H groups in total. The highest BCUT2D eigenvalue weighted by atomic mass is 35.5. The second-order valence-corrected chi connectivity index (χ2v) is 9.39. The smallest absolute Gasteiger partial charge is 0.161 e. The first-order chi connectivity index (χ1) is 17.5. The van der Waals surface area contributed by atoms with E-state index >= 15 is 0 Å². The van der Waals surface area contributed by atoms with Gasteiger partial charge in [-0.05, 0) is 35.9 Å². The van der Waals surface area contributed by atoms with Crippen LogP contribution < -0.4 is 14.2 Å². The quantitative estimate of drug-likeness (QED) is 0.416. The summed E-state index contributed by atoms with van der Waals surface area (Å²) in [5.74, 6) is 3.03. The van der Waals surface area contributed by atoms with Crippen molar-refractivity contribution < 1.29 is 24.1 Å². The van der Waals surface area contributed by atoms with Crippen molar-refractivity contribution in [3.8, 4) is 17.2 Å². The molecule has 0 spiro atoms. The fraction of sp³-hybridized carbons (Fsp3) is 0.444. The molecule has 1 aromatic heterocycles. The van der Waals surface area contributed by atoms with E-state index in [4.69, 9.17) is 30.5 Å². The van der Waals surface area contributed by atoms with Crippen LogP contribution in [0.4, 0.5) is 0 Å². The van der Waals surface area contributed by atoms with E-state index in [1.807, 2.05) is 42.7 Å². The summed E-state index contributed by atoms with van der Waals surface area (Å²) in [6.45, 7) is 5.88. The molecular weight excluding hydrogens is 482 g/mol. The molecule has 1 aliphatic heterocycles. The van der Waals surface area contributed by atoms with Crippen LogP contribution in [0, 0.1) is 0 Å². The van der Waals surface area contributed by atoms with Gasteiger partial charge < -0.3 is 28.6 Å². The molecule has 2 heterocycles. The maximum atomic E-state index is 11.2. The van der Waals surface area contributed by atoms with Crippen molar-refractivity contribution >= 4 is 11.6 Å². The Hall–Kier alpha value is -2.78. The van der Waals surface area contributed by atoms with Crippen LogP contribution in [-0.2, 0) is 24.2 Å². The highest BCUT2D eigenvalue weighted by Crippen LogP contribution is 2.29. The average Bonchev–Trinajstić information content (AvgIpc) is 3.25. The zero-order chi connectivity index (χ0) is 25.4. The molecule has 8 nitrogen and oxygen atoms in total. The van der Waals surface area contributed by atoms with Crippen LogP contribution >= 0.6 is 11.6 Å². The van der Waals surface area contributed by atoms with Crippen molar-refractivity contribution in [3.05, 3.63) is 71.3 Å². The number of aryl methyl sites for hydroxylation is 1. The van der Waals surface area contributed by atoms with Gasteiger partial charge in [-0.2, -0.15) is 0 Å². The Bertz CT molecular complexity index is 1120. The number of nitrogens with zero attached hydrogens (tertiary/aromatic N) is 3. The third-order valence-electron chi connectivity index (χ3n) is 6.09. The van der Waals surface area contributed by atoms with Crippen molar-refractivity contribution in [1.29, 1.82) is 0 Å². The largest absolute Gasteiger partial charge is 0.493 e. The molecule has 0 radical (unpaired) electrons. The summed E-state index contributed by atoms with van der Waals surface area (Å²) in [5, 5.41) is 11.8. The van der Waals surface area contributed by atoms with Crippen LogP contribution in [0.2, 0.25) is 5.02 Å². The van der Waals surface area contributed by atoms with Crippen LogP contribution in [0.25, 0.3) is 0 Å². The normalized spacial score (nSPS) is 18.6. The number of imidazole rings is 1. The molecule has 2 aromatic carbocycles. The molecule has 194 valence electrons. The van der Waals surface area contributed by atoms with Gasteiger partial charge in [0.05, 0.1) is 26.9 Å². The highest BCUT2D eigenvalue weighted by Gasteiger charge is 2.33. The Labute approximate surface area is 217 Å². The van der Waals surface area contributed by atoms with Crippen LogP contribution in [0.5, 0.6) is 17.2 Å². The third kappa shape index (κ3) is 7.13. The summed E-state index contributed by atoms with van der Waals surface area (Å²) in [4.78, 5) is 6.52. The van der Waals surface area contributed by atoms with Gasteiger partial charge in [-0.25, -0.2) is 4.98 Å². The van der Waals surface area contributed by atoms with Gasteiger partial charge in [-0.15, -0.1) is 0 Å². The fourth-order valence-corrected chi connectivity index (χ4v) is 4.48. The van der Waals surface area contributed by atoms with E-state index in [2.05, 4.69) is 21.4 Å². The van der Waals surface area contributed by atoms with Gasteiger partial charge in [0.1, 0.15) is 30.4 Å². The van der Waals surface area contributed by atoms with Crippen molar-refractivity contribution in [1.82, 2.24) is 14.5 Å². The monoisotopic (exact) mass is 515 g/mol. The summed E-state index contributed by atoms with van der Waals surface area (Å²) in [6, 6.07) is 13.1. The lowest BCUT2D eigenvalue weighted by atomic mass is 10.1. The van der Waals surface area contributed by atoms with E-state index in [9.17, 15) is 5.11 Å². The number of ether oxygens (including phenoxy) is 4. The molecular formula is C27H34ClN3O5. The van der Waals surface area contributed by atoms with Gasteiger partial charge >= 0.3 is 0 Å². The maximum Gasteiger partial charge on any atom is 0.161 e. The van der Waals surface area contributed by atoms with Crippen LogP contribution in [0.15, 0.2) is 54.9 Å². The lowest BCUT2D eigenvalue weighted by Crippen LogP contribution is -2.48. The number of methoxy groups -OCH3 is 1. The van der Waals surface area contributed by atoms with E-state index in [1.54, 1.807) is 19.2 Å². The molecule has 0 aliphatic carbocycles. The number of β-amino-alcohol motifs (C(OH)–C–C–N with tert-alkyl or cyclic N) is 1. The average molecular weight is 516 g/mol. The molecule has 0 amide bonds. The van der Waals surface area contributed by atoms with Gasteiger partial charge in [0.2, 0.25) is 0 Å². The summed E-state index contributed by atoms with van der Waals surface area (Å²) in [7, 11) is 1.64. The highest BCUT2D eigenvalue weighted by molar-refractivity contribution is 6.30. The predicted octanol–water partition coefficient (Wildman–Crippen LogP) is 3.83. The standard InChI is InChI=1S/C27H34ClN3O5/c1-3-26-29-9-10-31(26)12-14-35-25-15-21(7-8-24(25)33-2)17-30-11-13-34-19-27(32,18-30)20-36-23-6-4-5-22(28)16-23/h4-10,15-16,32H,3,11-14,17-20H2,1-2H3. The fourth-order valence-electron chi connectivity index (χ4n) is 4.30. The SMILES string of the molecule is CCc1nccn1CCOc1cc(CN2CCOCC(O)(COc3cccc(Cl)c3)C2)ccc1OC. The van der Waals surface area contributed by atoms with E-state index in [1.165, 1.54) is 0 Å². The number of hydrogen-bond acceptors (Lipinski definition) is 7. The Morgan fingerprint density at radius 3 is 2.86 bits per heavy atom. The molecule has 1 atom stereocenters. The summed E-state index contributed by atoms with van der Waals surface area (Å²) in [5.41, 5.74) is -0.0884. The molecule has 9 heteroatoms. The van der Waals surface area contributed by atoms with E-state index in [0.717, 1.165) is 17.8 Å². The first-order valence-electron chi connectivity index (χ1n) is 12.2. The van der Waals surface area contributed by atoms with Crippen LogP contribution in [-0.4, -0.2) is 71.8 Å². The molecule has 0 saturated carbocycles. The zero-order valence-electron chi connectivity index (χ0n) is 20.9. The lowest BCUT2D eigenvalue weighted by molar-refractivity contribution is -0.0646.